The largest absolute Gasteiger partial charge is 0.464 e. The van der Waals surface area contributed by atoms with E-state index in [0.717, 1.165) is 0 Å². The molecule has 1 aromatic rings. The van der Waals surface area contributed by atoms with Gasteiger partial charge in [-0.15, -0.1) is 0 Å². The van der Waals surface area contributed by atoms with E-state index in [1.54, 1.807) is 19.3 Å². The molecule has 0 radical (unpaired) electrons. The summed E-state index contributed by atoms with van der Waals surface area (Å²) in [6.45, 7) is 2.01. The number of carbonyl (C=O) groups is 2. The van der Waals surface area contributed by atoms with Crippen molar-refractivity contribution in [2.75, 3.05) is 12.0 Å². The second-order valence-corrected chi connectivity index (χ2v) is 3.41. The lowest BCUT2D eigenvalue weighted by Gasteiger charge is -2.17. The molecular formula is C10H16N4O3. The number of carbonyl (C=O) groups excluding carboxylic acids is 2. The number of hydrogen-bond donors (Lipinski definition) is 2. The second-order valence-electron chi connectivity index (χ2n) is 3.41. The molecule has 0 saturated carbocycles. The van der Waals surface area contributed by atoms with E-state index in [1.165, 1.54) is 11.0 Å². The predicted octanol–water partition coefficient (Wildman–Crippen LogP) is -0.376. The Bertz CT molecular complexity index is 364. The van der Waals surface area contributed by atoms with Crippen molar-refractivity contribution in [1.29, 1.82) is 0 Å². The number of imidazole rings is 1. The molecule has 1 rings (SSSR count). The number of nitrogens with one attached hydrogen (secondary N) is 1. The first-order chi connectivity index (χ1) is 8.13. The fraction of sp³-hybridized carbons (Fsp3) is 0.500. The first-order valence-corrected chi connectivity index (χ1v) is 5.33. The summed E-state index contributed by atoms with van der Waals surface area (Å²) in [6, 6.07) is -0.614. The predicted molar refractivity (Wildman–Crippen MR) is 60.4 cm³/mol. The van der Waals surface area contributed by atoms with Gasteiger partial charge in [0.25, 0.3) is 0 Å². The number of amides is 1. The molecule has 0 unspecified atom stereocenters. The highest BCUT2D eigenvalue weighted by Crippen LogP contribution is 2.02. The number of primary amides is 1. The van der Waals surface area contributed by atoms with Crippen LogP contribution in [-0.2, 0) is 14.3 Å². The Hall–Kier alpha value is -2.05. The van der Waals surface area contributed by atoms with Crippen LogP contribution in [-0.4, -0.2) is 34.2 Å². The lowest BCUT2D eigenvalue weighted by Crippen LogP contribution is -2.37. The molecule has 94 valence electrons. The number of nitrogens with two attached hydrogens (primary N) is 1. The van der Waals surface area contributed by atoms with Gasteiger partial charge in [-0.1, -0.05) is 0 Å². The van der Waals surface area contributed by atoms with Crippen LogP contribution < -0.4 is 11.2 Å². The molecule has 1 amide bonds. The molecule has 7 nitrogen and oxygen atoms in total. The molecule has 3 N–H and O–H groups in total. The van der Waals surface area contributed by atoms with Crippen molar-refractivity contribution in [2.24, 2.45) is 5.73 Å². The maximum absolute atomic E-state index is 11.6. The third-order valence-corrected chi connectivity index (χ3v) is 2.06. The van der Waals surface area contributed by atoms with Gasteiger partial charge in [0.1, 0.15) is 12.4 Å². The molecule has 0 aliphatic rings. The Morgan fingerprint density at radius 2 is 2.35 bits per heavy atom. The van der Waals surface area contributed by atoms with E-state index in [2.05, 4.69) is 10.4 Å². The zero-order valence-electron chi connectivity index (χ0n) is 9.63. The van der Waals surface area contributed by atoms with Gasteiger partial charge in [0, 0.05) is 18.8 Å². The summed E-state index contributed by atoms with van der Waals surface area (Å²) in [5, 5.41) is 0. The van der Waals surface area contributed by atoms with Crippen molar-refractivity contribution in [3.8, 4) is 0 Å². The lowest BCUT2D eigenvalue weighted by molar-refractivity contribution is -0.144. The summed E-state index contributed by atoms with van der Waals surface area (Å²) in [5.41, 5.74) is 7.92. The minimum absolute atomic E-state index is 0.116. The zero-order valence-corrected chi connectivity index (χ0v) is 9.63. The Morgan fingerprint density at radius 1 is 1.59 bits per heavy atom. The molecule has 1 aromatic heterocycles. The minimum Gasteiger partial charge on any atom is -0.464 e. The van der Waals surface area contributed by atoms with E-state index in [0.29, 0.717) is 0 Å². The number of nitrogens with zero attached hydrogens (tertiary/aromatic N) is 2. The number of aromatic nitrogens is 2. The molecule has 0 aromatic carbocycles. The summed E-state index contributed by atoms with van der Waals surface area (Å²) < 4.78 is 6.43. The molecule has 17 heavy (non-hydrogen) atoms. The first kappa shape index (κ1) is 13.0. The van der Waals surface area contributed by atoms with E-state index < -0.39 is 17.9 Å². The van der Waals surface area contributed by atoms with Crippen LogP contribution in [0.3, 0.4) is 0 Å². The van der Waals surface area contributed by atoms with Gasteiger partial charge < -0.3 is 15.9 Å². The van der Waals surface area contributed by atoms with Gasteiger partial charge in [-0.2, -0.15) is 0 Å². The molecule has 0 spiro atoms. The smallest absolute Gasteiger partial charge is 0.330 e. The Labute approximate surface area is 98.9 Å². The summed E-state index contributed by atoms with van der Waals surface area (Å²) in [4.78, 5) is 26.2. The van der Waals surface area contributed by atoms with Crippen molar-refractivity contribution < 1.29 is 14.3 Å². The Balaban J connectivity index is 2.58. The quantitative estimate of drug-likeness (QED) is 0.633. The Morgan fingerprint density at radius 3 is 2.88 bits per heavy atom. The third kappa shape index (κ3) is 4.54. The number of hydrogen-bond acceptors (Lipinski definition) is 5. The van der Waals surface area contributed by atoms with Gasteiger partial charge in [0.15, 0.2) is 0 Å². The molecule has 7 heteroatoms. The highest BCUT2D eigenvalue weighted by Gasteiger charge is 2.20. The van der Waals surface area contributed by atoms with E-state index in [9.17, 15) is 9.59 Å². The molecule has 0 aliphatic carbocycles. The van der Waals surface area contributed by atoms with Gasteiger partial charge in [-0.25, -0.2) is 9.78 Å². The van der Waals surface area contributed by atoms with Gasteiger partial charge >= 0.3 is 5.97 Å². The number of esters is 1. The van der Waals surface area contributed by atoms with Crippen LogP contribution in [0.25, 0.3) is 0 Å². The van der Waals surface area contributed by atoms with Gasteiger partial charge in [0.2, 0.25) is 5.91 Å². The summed E-state index contributed by atoms with van der Waals surface area (Å²) in [5.74, 6) is -0.867. The van der Waals surface area contributed by atoms with Gasteiger partial charge in [-0.3, -0.25) is 9.47 Å². The average molecular weight is 240 g/mol. The minimum atomic E-state index is -0.614. The van der Waals surface area contributed by atoms with Crippen molar-refractivity contribution in [3.63, 3.8) is 0 Å². The standard InChI is InChI=1S/C10H16N4O3/c1-2-17-10(16)8(3-4-9(11)15)13-14-6-5-12-7-14/h5-8,13H,2-4H2,1H3,(H2,11,15)/t8-/m0/s1. The average Bonchev–Trinajstić information content (AvgIpc) is 2.76. The fourth-order valence-electron chi connectivity index (χ4n) is 1.28. The normalized spacial score (nSPS) is 11.8. The maximum atomic E-state index is 11.6. The molecule has 1 heterocycles. The number of rotatable bonds is 7. The summed E-state index contributed by atoms with van der Waals surface area (Å²) in [7, 11) is 0. The van der Waals surface area contributed by atoms with Crippen LogP contribution in [0, 0.1) is 0 Å². The van der Waals surface area contributed by atoms with E-state index >= 15 is 0 Å². The lowest BCUT2D eigenvalue weighted by atomic mass is 10.1. The van der Waals surface area contributed by atoms with Crippen molar-refractivity contribution in [1.82, 2.24) is 9.66 Å². The zero-order chi connectivity index (χ0) is 12.7. The topological polar surface area (TPSA) is 99.2 Å². The van der Waals surface area contributed by atoms with Crippen molar-refractivity contribution in [2.45, 2.75) is 25.8 Å². The Kier molecular flexibility index (Phi) is 4.99. The fourth-order valence-corrected chi connectivity index (χ4v) is 1.28. The molecule has 1 atom stereocenters. The van der Waals surface area contributed by atoms with Gasteiger partial charge in [0.05, 0.1) is 6.61 Å². The molecule has 0 bridgehead atoms. The molecular weight excluding hydrogens is 224 g/mol. The van der Waals surface area contributed by atoms with Gasteiger partial charge in [-0.05, 0) is 13.3 Å². The summed E-state index contributed by atoms with van der Waals surface area (Å²) >= 11 is 0. The highest BCUT2D eigenvalue weighted by molar-refractivity contribution is 5.79. The monoisotopic (exact) mass is 240 g/mol. The van der Waals surface area contributed by atoms with Crippen LogP contribution in [0.5, 0.6) is 0 Å². The molecule has 0 aliphatic heterocycles. The molecule has 0 saturated heterocycles. The van der Waals surface area contributed by atoms with Crippen LogP contribution in [0.1, 0.15) is 19.8 Å². The maximum Gasteiger partial charge on any atom is 0.330 e. The van der Waals surface area contributed by atoms with Crippen LogP contribution in [0.15, 0.2) is 18.7 Å². The second kappa shape index (κ2) is 6.51. The van der Waals surface area contributed by atoms with E-state index in [1.807, 2.05) is 0 Å². The van der Waals surface area contributed by atoms with Crippen molar-refractivity contribution >= 4 is 11.9 Å². The van der Waals surface area contributed by atoms with Crippen LogP contribution >= 0.6 is 0 Å². The van der Waals surface area contributed by atoms with E-state index in [4.69, 9.17) is 10.5 Å². The van der Waals surface area contributed by atoms with Crippen LogP contribution in [0.2, 0.25) is 0 Å². The van der Waals surface area contributed by atoms with Crippen molar-refractivity contribution in [3.05, 3.63) is 18.7 Å². The van der Waals surface area contributed by atoms with Crippen LogP contribution in [0.4, 0.5) is 0 Å². The highest BCUT2D eigenvalue weighted by atomic mass is 16.5. The third-order valence-electron chi connectivity index (χ3n) is 2.06. The number of ether oxygens (including phenoxy) is 1. The molecule has 0 fully saturated rings. The SMILES string of the molecule is CCOC(=O)[C@H](CCC(N)=O)Nn1ccnc1. The first-order valence-electron chi connectivity index (χ1n) is 5.33. The summed E-state index contributed by atoms with van der Waals surface area (Å²) in [6.07, 6.45) is 5.13. The van der Waals surface area contributed by atoms with E-state index in [-0.39, 0.29) is 19.4 Å².